The van der Waals surface area contributed by atoms with Crippen molar-refractivity contribution in [2.45, 2.75) is 38.3 Å². The van der Waals surface area contributed by atoms with Gasteiger partial charge in [0.25, 0.3) is 11.5 Å². The predicted molar refractivity (Wildman–Crippen MR) is 119 cm³/mol. The Labute approximate surface area is 179 Å². The Kier molecular flexibility index (Phi) is 6.30. The summed E-state index contributed by atoms with van der Waals surface area (Å²) in [6.45, 7) is 1.01. The molecule has 1 saturated carbocycles. The van der Waals surface area contributed by atoms with Crippen LogP contribution in [0.25, 0.3) is 10.8 Å². The van der Waals surface area contributed by atoms with Crippen molar-refractivity contribution in [1.29, 1.82) is 0 Å². The molecule has 0 bridgehead atoms. The Morgan fingerprint density at radius 1 is 1.13 bits per heavy atom. The van der Waals surface area contributed by atoms with Crippen molar-refractivity contribution in [2.24, 2.45) is 0 Å². The quantitative estimate of drug-likeness (QED) is 0.435. The molecule has 1 heterocycles. The maximum absolute atomic E-state index is 12.4. The summed E-state index contributed by atoms with van der Waals surface area (Å²) in [5.41, 5.74) is 2.14. The maximum atomic E-state index is 12.4. The average molecular weight is 426 g/mol. The molecule has 7 nitrogen and oxygen atoms in total. The monoisotopic (exact) mass is 425 g/mol. The largest absolute Gasteiger partial charge is 0.381 e. The Morgan fingerprint density at radius 3 is 2.80 bits per heavy atom. The summed E-state index contributed by atoms with van der Waals surface area (Å²) in [6, 6.07) is 13.4. The highest BCUT2D eigenvalue weighted by atomic mass is 35.5. The number of amides is 1. The summed E-state index contributed by atoms with van der Waals surface area (Å²) in [5, 5.41) is 17.1. The Morgan fingerprint density at radius 2 is 1.97 bits per heavy atom. The number of nitrogens with one attached hydrogen (secondary N) is 4. The highest BCUT2D eigenvalue weighted by molar-refractivity contribution is 6.34. The van der Waals surface area contributed by atoms with Gasteiger partial charge in [0.05, 0.1) is 12.1 Å². The first-order valence-electron chi connectivity index (χ1n) is 10.1. The van der Waals surface area contributed by atoms with Crippen LogP contribution in [0.5, 0.6) is 0 Å². The lowest BCUT2D eigenvalue weighted by atomic mass is 10.1. The van der Waals surface area contributed by atoms with E-state index in [0.29, 0.717) is 35.6 Å². The molecule has 0 spiro atoms. The molecular formula is C22H24ClN5O2. The number of hydrogen-bond acceptors (Lipinski definition) is 5. The highest BCUT2D eigenvalue weighted by Gasteiger charge is 2.14. The van der Waals surface area contributed by atoms with Gasteiger partial charge in [0, 0.05) is 29.2 Å². The summed E-state index contributed by atoms with van der Waals surface area (Å²) in [5.74, 6) is -0.0925. The van der Waals surface area contributed by atoms with Gasteiger partial charge in [-0.3, -0.25) is 14.9 Å². The van der Waals surface area contributed by atoms with Crippen molar-refractivity contribution in [3.8, 4) is 0 Å². The summed E-state index contributed by atoms with van der Waals surface area (Å²) >= 11 is 6.10. The summed E-state index contributed by atoms with van der Waals surface area (Å²) in [7, 11) is 0. The maximum Gasteiger partial charge on any atom is 0.272 e. The van der Waals surface area contributed by atoms with E-state index >= 15 is 0 Å². The number of carbonyl (C=O) groups excluding carboxylic acids is 1. The third-order valence-electron chi connectivity index (χ3n) is 5.42. The fourth-order valence-corrected chi connectivity index (χ4v) is 3.98. The molecule has 2 aromatic carbocycles. The van der Waals surface area contributed by atoms with E-state index in [1.165, 1.54) is 25.7 Å². The Bertz CT molecular complexity index is 1110. The van der Waals surface area contributed by atoms with Crippen molar-refractivity contribution >= 4 is 34.0 Å². The number of hydrogen-bond donors (Lipinski definition) is 4. The van der Waals surface area contributed by atoms with Gasteiger partial charge in [-0.15, -0.1) is 0 Å². The molecule has 1 fully saturated rings. The van der Waals surface area contributed by atoms with Crippen molar-refractivity contribution in [2.75, 3.05) is 12.0 Å². The molecule has 0 aliphatic heterocycles. The van der Waals surface area contributed by atoms with Crippen LogP contribution in [0, 0.1) is 0 Å². The zero-order chi connectivity index (χ0) is 20.9. The molecule has 1 aliphatic carbocycles. The highest BCUT2D eigenvalue weighted by Crippen LogP contribution is 2.22. The molecule has 0 atom stereocenters. The van der Waals surface area contributed by atoms with Gasteiger partial charge >= 0.3 is 0 Å². The van der Waals surface area contributed by atoms with E-state index < -0.39 is 0 Å². The van der Waals surface area contributed by atoms with E-state index in [9.17, 15) is 9.59 Å². The summed E-state index contributed by atoms with van der Waals surface area (Å²) < 4.78 is 0. The molecule has 0 unspecified atom stereocenters. The van der Waals surface area contributed by atoms with Gasteiger partial charge in [-0.2, -0.15) is 5.10 Å². The van der Waals surface area contributed by atoms with Crippen LogP contribution >= 0.6 is 11.6 Å². The van der Waals surface area contributed by atoms with E-state index in [1.807, 2.05) is 30.3 Å². The van der Waals surface area contributed by atoms with Crippen LogP contribution in [-0.4, -0.2) is 28.8 Å². The van der Waals surface area contributed by atoms with Crippen LogP contribution < -0.4 is 21.5 Å². The van der Waals surface area contributed by atoms with Crippen molar-refractivity contribution in [1.82, 2.24) is 20.8 Å². The summed E-state index contributed by atoms with van der Waals surface area (Å²) in [4.78, 5) is 24.3. The Hall–Kier alpha value is -2.90. The van der Waals surface area contributed by atoms with E-state index in [0.717, 1.165) is 11.3 Å². The minimum atomic E-state index is -0.276. The summed E-state index contributed by atoms with van der Waals surface area (Å²) in [6.07, 6.45) is 4.89. The van der Waals surface area contributed by atoms with Crippen LogP contribution in [0.2, 0.25) is 5.15 Å². The van der Waals surface area contributed by atoms with Gasteiger partial charge in [-0.25, -0.2) is 5.10 Å². The molecule has 30 heavy (non-hydrogen) atoms. The third-order valence-corrected chi connectivity index (χ3v) is 5.71. The second kappa shape index (κ2) is 9.28. The second-order valence-corrected chi connectivity index (χ2v) is 7.88. The topological polar surface area (TPSA) is 98.9 Å². The van der Waals surface area contributed by atoms with Gasteiger partial charge in [-0.05, 0) is 48.7 Å². The van der Waals surface area contributed by atoms with E-state index in [-0.39, 0.29) is 16.6 Å². The van der Waals surface area contributed by atoms with Gasteiger partial charge < -0.3 is 10.6 Å². The number of nitrogens with zero attached hydrogens (tertiary/aromatic N) is 1. The number of anilines is 1. The molecule has 1 aliphatic rings. The van der Waals surface area contributed by atoms with Crippen molar-refractivity contribution in [3.63, 3.8) is 0 Å². The number of rotatable bonds is 7. The average Bonchev–Trinajstić information content (AvgIpc) is 3.28. The van der Waals surface area contributed by atoms with Crippen molar-refractivity contribution < 1.29 is 4.79 Å². The smallest absolute Gasteiger partial charge is 0.272 e. The number of H-pyrrole nitrogens is 1. The molecule has 156 valence electrons. The first kappa shape index (κ1) is 20.4. The van der Waals surface area contributed by atoms with Gasteiger partial charge in [0.2, 0.25) is 0 Å². The zero-order valence-corrected chi connectivity index (χ0v) is 17.3. The first-order valence-corrected chi connectivity index (χ1v) is 10.5. The molecule has 1 amide bonds. The molecule has 8 heteroatoms. The lowest BCUT2D eigenvalue weighted by Crippen LogP contribution is -2.38. The minimum absolute atomic E-state index is 0.0925. The minimum Gasteiger partial charge on any atom is -0.381 e. The lowest BCUT2D eigenvalue weighted by molar-refractivity contribution is 0.0949. The number of fused-ring (bicyclic) bond motifs is 1. The Balaban J connectivity index is 1.37. The molecular weight excluding hydrogens is 402 g/mol. The molecule has 4 rings (SSSR count). The number of halogens is 1. The van der Waals surface area contributed by atoms with Crippen LogP contribution in [0.3, 0.4) is 0 Å². The van der Waals surface area contributed by atoms with Crippen molar-refractivity contribution in [3.05, 3.63) is 69.1 Å². The van der Waals surface area contributed by atoms with Crippen LogP contribution in [0.1, 0.15) is 41.6 Å². The van der Waals surface area contributed by atoms with Gasteiger partial charge in [-0.1, -0.05) is 36.6 Å². The first-order chi connectivity index (χ1) is 14.6. The SMILES string of the molecule is O=C(NCNC1CCCC1)c1cccc(CNc2ccc3c(=O)[nH]nc(Cl)c3c2)c1. The van der Waals surface area contributed by atoms with E-state index in [4.69, 9.17) is 11.6 Å². The molecule has 3 aromatic rings. The van der Waals surface area contributed by atoms with Crippen LogP contribution in [-0.2, 0) is 6.54 Å². The number of carbonyl (C=O) groups is 1. The third kappa shape index (κ3) is 4.80. The molecule has 0 radical (unpaired) electrons. The fraction of sp³-hybridized carbons (Fsp3) is 0.318. The van der Waals surface area contributed by atoms with Gasteiger partial charge in [0.15, 0.2) is 5.15 Å². The standard InChI is InChI=1S/C22H24ClN5O2/c23-20-19-11-17(8-9-18(19)22(30)28-27-20)24-12-14-4-3-5-15(10-14)21(29)26-13-25-16-6-1-2-7-16/h3-5,8-11,16,24-25H,1-2,6-7,12-13H2,(H,26,29)(H,28,30). The predicted octanol–water partition coefficient (Wildman–Crippen LogP) is 3.41. The van der Waals surface area contributed by atoms with E-state index in [2.05, 4.69) is 26.1 Å². The normalized spacial score (nSPS) is 14.2. The van der Waals surface area contributed by atoms with E-state index in [1.54, 1.807) is 12.1 Å². The van der Waals surface area contributed by atoms with Gasteiger partial charge in [0.1, 0.15) is 0 Å². The number of benzene rings is 2. The fourth-order valence-electron chi connectivity index (χ4n) is 3.78. The number of aromatic amines is 1. The molecule has 0 saturated heterocycles. The molecule has 1 aromatic heterocycles. The molecule has 4 N–H and O–H groups in total. The lowest BCUT2D eigenvalue weighted by Gasteiger charge is -2.13. The van der Waals surface area contributed by atoms with Crippen LogP contribution in [0.4, 0.5) is 5.69 Å². The second-order valence-electron chi connectivity index (χ2n) is 7.53. The zero-order valence-electron chi connectivity index (χ0n) is 16.5. The number of aromatic nitrogens is 2. The van der Waals surface area contributed by atoms with Crippen LogP contribution in [0.15, 0.2) is 47.3 Å².